The molecular formula is C21H35N3O3. The van der Waals surface area contributed by atoms with E-state index in [0.717, 1.165) is 70.4 Å². The molecule has 152 valence electrons. The summed E-state index contributed by atoms with van der Waals surface area (Å²) in [7, 11) is 0. The highest BCUT2D eigenvalue weighted by Crippen LogP contribution is 2.20. The van der Waals surface area contributed by atoms with Gasteiger partial charge in [0.05, 0.1) is 19.0 Å². The van der Waals surface area contributed by atoms with Gasteiger partial charge in [-0.05, 0) is 37.8 Å². The lowest BCUT2D eigenvalue weighted by molar-refractivity contribution is 0.0277. The first-order valence-electron chi connectivity index (χ1n) is 10.6. The number of aliphatic imine (C=N–C) groups is 1. The average molecular weight is 378 g/mol. The van der Waals surface area contributed by atoms with Crippen LogP contribution in [0, 0.1) is 5.92 Å². The second-order valence-electron chi connectivity index (χ2n) is 7.59. The molecule has 0 radical (unpaired) electrons. The van der Waals surface area contributed by atoms with Crippen molar-refractivity contribution < 1.29 is 13.9 Å². The van der Waals surface area contributed by atoms with E-state index in [0.29, 0.717) is 12.0 Å². The summed E-state index contributed by atoms with van der Waals surface area (Å²) >= 11 is 0. The highest BCUT2D eigenvalue weighted by Gasteiger charge is 2.15. The molecule has 1 aliphatic carbocycles. The first kappa shape index (κ1) is 20.2. The van der Waals surface area contributed by atoms with E-state index in [1.807, 2.05) is 12.1 Å². The molecule has 1 atom stereocenters. The SMILES string of the molecule is c1coc(CCNC(=NCC2CCOC2)NCCCOC2CCCCC2)c1. The number of nitrogens with one attached hydrogen (secondary N) is 2. The predicted molar refractivity (Wildman–Crippen MR) is 107 cm³/mol. The predicted octanol–water partition coefficient (Wildman–Crippen LogP) is 3.13. The molecule has 1 saturated carbocycles. The van der Waals surface area contributed by atoms with Crippen molar-refractivity contribution >= 4 is 5.96 Å². The zero-order chi connectivity index (χ0) is 18.6. The zero-order valence-electron chi connectivity index (χ0n) is 16.5. The van der Waals surface area contributed by atoms with Gasteiger partial charge in [0, 0.05) is 45.2 Å². The molecule has 6 heteroatoms. The van der Waals surface area contributed by atoms with E-state index in [-0.39, 0.29) is 0 Å². The molecule has 1 aliphatic heterocycles. The lowest BCUT2D eigenvalue weighted by Crippen LogP contribution is -2.39. The summed E-state index contributed by atoms with van der Waals surface area (Å²) in [5, 5.41) is 6.87. The molecule has 0 bridgehead atoms. The summed E-state index contributed by atoms with van der Waals surface area (Å²) < 4.78 is 16.9. The van der Waals surface area contributed by atoms with Crippen LogP contribution in [0.25, 0.3) is 0 Å². The van der Waals surface area contributed by atoms with Crippen molar-refractivity contribution in [1.82, 2.24) is 10.6 Å². The third-order valence-electron chi connectivity index (χ3n) is 5.29. The fourth-order valence-corrected chi connectivity index (χ4v) is 3.64. The van der Waals surface area contributed by atoms with Crippen molar-refractivity contribution in [3.63, 3.8) is 0 Å². The van der Waals surface area contributed by atoms with Crippen LogP contribution in [0.15, 0.2) is 27.8 Å². The molecule has 6 nitrogen and oxygen atoms in total. The van der Waals surface area contributed by atoms with Crippen molar-refractivity contribution in [3.8, 4) is 0 Å². The minimum absolute atomic E-state index is 0.487. The normalized spacial score (nSPS) is 21.5. The highest BCUT2D eigenvalue weighted by atomic mass is 16.5. The Kier molecular flexibility index (Phi) is 9.01. The summed E-state index contributed by atoms with van der Waals surface area (Å²) in [6.45, 7) is 5.02. The van der Waals surface area contributed by atoms with Crippen molar-refractivity contribution in [2.24, 2.45) is 10.9 Å². The van der Waals surface area contributed by atoms with Crippen LogP contribution in [0.2, 0.25) is 0 Å². The largest absolute Gasteiger partial charge is 0.469 e. The fourth-order valence-electron chi connectivity index (χ4n) is 3.64. The van der Waals surface area contributed by atoms with Crippen LogP contribution in [0.5, 0.6) is 0 Å². The lowest BCUT2D eigenvalue weighted by Gasteiger charge is -2.22. The summed E-state index contributed by atoms with van der Waals surface area (Å²) in [5.41, 5.74) is 0. The third kappa shape index (κ3) is 7.93. The van der Waals surface area contributed by atoms with Crippen molar-refractivity contribution in [2.45, 2.75) is 57.5 Å². The maximum absolute atomic E-state index is 6.01. The fraction of sp³-hybridized carbons (Fsp3) is 0.762. The molecule has 2 heterocycles. The van der Waals surface area contributed by atoms with E-state index in [9.17, 15) is 0 Å². The van der Waals surface area contributed by atoms with Gasteiger partial charge < -0.3 is 24.5 Å². The minimum atomic E-state index is 0.487. The Labute approximate surface area is 163 Å². The lowest BCUT2D eigenvalue weighted by atomic mass is 9.98. The Morgan fingerprint density at radius 1 is 1.15 bits per heavy atom. The molecule has 0 aromatic carbocycles. The van der Waals surface area contributed by atoms with E-state index in [1.165, 1.54) is 32.1 Å². The van der Waals surface area contributed by atoms with Crippen molar-refractivity contribution in [3.05, 3.63) is 24.2 Å². The number of hydrogen-bond donors (Lipinski definition) is 2. The van der Waals surface area contributed by atoms with Crippen LogP contribution in [-0.2, 0) is 15.9 Å². The van der Waals surface area contributed by atoms with Crippen LogP contribution in [0.4, 0.5) is 0 Å². The molecule has 27 heavy (non-hydrogen) atoms. The van der Waals surface area contributed by atoms with Crippen LogP contribution in [0.3, 0.4) is 0 Å². The maximum atomic E-state index is 6.01. The number of furan rings is 1. The summed E-state index contributed by atoms with van der Waals surface area (Å²) in [6.07, 6.45) is 11.7. The van der Waals surface area contributed by atoms with Gasteiger partial charge in [-0.25, -0.2) is 0 Å². The van der Waals surface area contributed by atoms with Gasteiger partial charge in [0.1, 0.15) is 5.76 Å². The summed E-state index contributed by atoms with van der Waals surface area (Å²) in [5.74, 6) is 2.42. The molecule has 0 amide bonds. The van der Waals surface area contributed by atoms with Crippen molar-refractivity contribution in [1.29, 1.82) is 0 Å². The molecular weight excluding hydrogens is 342 g/mol. The zero-order valence-corrected chi connectivity index (χ0v) is 16.5. The Morgan fingerprint density at radius 2 is 2.04 bits per heavy atom. The Hall–Kier alpha value is -1.53. The van der Waals surface area contributed by atoms with E-state index < -0.39 is 0 Å². The summed E-state index contributed by atoms with van der Waals surface area (Å²) in [6, 6.07) is 3.93. The minimum Gasteiger partial charge on any atom is -0.469 e. The third-order valence-corrected chi connectivity index (χ3v) is 5.29. The number of guanidine groups is 1. The highest BCUT2D eigenvalue weighted by molar-refractivity contribution is 5.79. The second-order valence-corrected chi connectivity index (χ2v) is 7.59. The number of hydrogen-bond acceptors (Lipinski definition) is 4. The quantitative estimate of drug-likeness (QED) is 0.372. The Morgan fingerprint density at radius 3 is 2.81 bits per heavy atom. The van der Waals surface area contributed by atoms with E-state index in [2.05, 4.69) is 10.6 Å². The monoisotopic (exact) mass is 377 g/mol. The topological polar surface area (TPSA) is 68.0 Å². The van der Waals surface area contributed by atoms with Crippen LogP contribution in [-0.4, -0.2) is 51.5 Å². The average Bonchev–Trinajstić information content (AvgIpc) is 3.40. The molecule has 3 rings (SSSR count). The molecule has 1 aromatic heterocycles. The molecule has 2 N–H and O–H groups in total. The number of rotatable bonds is 10. The molecule has 1 saturated heterocycles. The Bertz CT molecular complexity index is 521. The van der Waals surface area contributed by atoms with E-state index in [1.54, 1.807) is 6.26 Å². The number of ether oxygens (including phenoxy) is 2. The van der Waals surface area contributed by atoms with Crippen molar-refractivity contribution in [2.75, 3.05) is 39.5 Å². The number of nitrogens with zero attached hydrogens (tertiary/aromatic N) is 1. The van der Waals surface area contributed by atoms with Gasteiger partial charge in [-0.15, -0.1) is 0 Å². The van der Waals surface area contributed by atoms with Crippen LogP contribution >= 0.6 is 0 Å². The standard InChI is InChI=1S/C21H35N3O3/c1-2-6-19(7-3-1)27-14-5-11-22-21(24-16-18-10-15-25-17-18)23-12-9-20-8-4-13-26-20/h4,8,13,18-19H,1-3,5-7,9-12,14-17H2,(H2,22,23,24). The molecule has 2 aliphatic rings. The van der Waals surface area contributed by atoms with Gasteiger partial charge in [-0.3, -0.25) is 4.99 Å². The van der Waals surface area contributed by atoms with E-state index >= 15 is 0 Å². The maximum Gasteiger partial charge on any atom is 0.191 e. The van der Waals surface area contributed by atoms with Gasteiger partial charge in [-0.2, -0.15) is 0 Å². The smallest absolute Gasteiger partial charge is 0.191 e. The van der Waals surface area contributed by atoms with Crippen LogP contribution < -0.4 is 10.6 Å². The Balaban J connectivity index is 1.34. The van der Waals surface area contributed by atoms with Gasteiger partial charge in [0.15, 0.2) is 5.96 Å². The van der Waals surface area contributed by atoms with Crippen LogP contribution in [0.1, 0.15) is 50.7 Å². The van der Waals surface area contributed by atoms with Gasteiger partial charge in [0.2, 0.25) is 0 Å². The van der Waals surface area contributed by atoms with Gasteiger partial charge in [-0.1, -0.05) is 19.3 Å². The van der Waals surface area contributed by atoms with Gasteiger partial charge in [0.25, 0.3) is 0 Å². The second kappa shape index (κ2) is 12.0. The first-order valence-corrected chi connectivity index (χ1v) is 10.6. The van der Waals surface area contributed by atoms with E-state index in [4.69, 9.17) is 18.9 Å². The molecule has 0 spiro atoms. The molecule has 2 fully saturated rings. The molecule has 1 unspecified atom stereocenters. The molecule has 1 aromatic rings. The first-order chi connectivity index (χ1) is 13.4. The van der Waals surface area contributed by atoms with Gasteiger partial charge >= 0.3 is 0 Å². The summed E-state index contributed by atoms with van der Waals surface area (Å²) in [4.78, 5) is 4.76.